The Balaban J connectivity index is 2.58. The van der Waals surface area contributed by atoms with E-state index in [-0.39, 0.29) is 0 Å². The second-order valence-electron chi connectivity index (χ2n) is 3.91. The third-order valence-electron chi connectivity index (χ3n) is 2.22. The molecule has 1 heteroatoms. The zero-order valence-corrected chi connectivity index (χ0v) is 8.46. The van der Waals surface area contributed by atoms with Gasteiger partial charge in [0.1, 0.15) is 0 Å². The van der Waals surface area contributed by atoms with Crippen LogP contribution in [0, 0.1) is 0 Å². The summed E-state index contributed by atoms with van der Waals surface area (Å²) in [5.41, 5.74) is 0.664. The molecule has 1 unspecified atom stereocenters. The van der Waals surface area contributed by atoms with Gasteiger partial charge in [-0.25, -0.2) is 0 Å². The van der Waals surface area contributed by atoms with Crippen LogP contribution in [0.1, 0.15) is 32.3 Å². The van der Waals surface area contributed by atoms with Crippen molar-refractivity contribution < 1.29 is 5.11 Å². The van der Waals surface area contributed by atoms with Crippen molar-refractivity contribution in [2.75, 3.05) is 0 Å². The molecule has 13 heavy (non-hydrogen) atoms. The van der Waals surface area contributed by atoms with Gasteiger partial charge in [-0.15, -0.1) is 0 Å². The molecule has 0 saturated carbocycles. The molecule has 0 bridgehead atoms. The third-order valence-corrected chi connectivity index (χ3v) is 2.22. The first-order chi connectivity index (χ1) is 6.14. The van der Waals surface area contributed by atoms with Gasteiger partial charge in [-0.1, -0.05) is 43.7 Å². The van der Waals surface area contributed by atoms with Gasteiger partial charge in [0.25, 0.3) is 0 Å². The Morgan fingerprint density at radius 3 is 2.38 bits per heavy atom. The topological polar surface area (TPSA) is 20.2 Å². The molecule has 0 spiro atoms. The Morgan fingerprint density at radius 1 is 1.23 bits per heavy atom. The molecule has 0 heterocycles. The highest BCUT2D eigenvalue weighted by atomic mass is 16.3. The van der Waals surface area contributed by atoms with E-state index in [0.717, 1.165) is 19.3 Å². The van der Waals surface area contributed by atoms with Gasteiger partial charge in [0, 0.05) is 6.42 Å². The molecule has 0 aliphatic heterocycles. The van der Waals surface area contributed by atoms with Crippen LogP contribution in [-0.2, 0) is 6.42 Å². The van der Waals surface area contributed by atoms with Gasteiger partial charge in [-0.05, 0) is 18.9 Å². The van der Waals surface area contributed by atoms with Gasteiger partial charge in [0.05, 0.1) is 5.60 Å². The molecule has 0 radical (unpaired) electrons. The predicted molar refractivity (Wildman–Crippen MR) is 55.7 cm³/mol. The van der Waals surface area contributed by atoms with Crippen molar-refractivity contribution in [1.82, 2.24) is 0 Å². The van der Waals surface area contributed by atoms with Crippen LogP contribution in [0.15, 0.2) is 30.3 Å². The predicted octanol–water partition coefficient (Wildman–Crippen LogP) is 2.78. The summed E-state index contributed by atoms with van der Waals surface area (Å²) in [5, 5.41) is 9.97. The van der Waals surface area contributed by atoms with Crippen LogP contribution in [0.25, 0.3) is 0 Å². The molecule has 0 saturated heterocycles. The van der Waals surface area contributed by atoms with Crippen molar-refractivity contribution in [3.05, 3.63) is 35.9 Å². The van der Waals surface area contributed by atoms with E-state index in [4.69, 9.17) is 0 Å². The Labute approximate surface area is 80.4 Å². The van der Waals surface area contributed by atoms with Crippen LogP contribution >= 0.6 is 0 Å². The van der Waals surface area contributed by atoms with E-state index >= 15 is 0 Å². The summed E-state index contributed by atoms with van der Waals surface area (Å²) in [5.74, 6) is 0. The van der Waals surface area contributed by atoms with E-state index in [2.05, 4.69) is 19.1 Å². The van der Waals surface area contributed by atoms with Crippen molar-refractivity contribution >= 4 is 0 Å². The average Bonchev–Trinajstić information content (AvgIpc) is 2.04. The van der Waals surface area contributed by atoms with Gasteiger partial charge < -0.3 is 5.11 Å². The maximum atomic E-state index is 9.97. The Hall–Kier alpha value is -0.820. The van der Waals surface area contributed by atoms with Gasteiger partial charge in [-0.3, -0.25) is 0 Å². The molecule has 0 aliphatic carbocycles. The fourth-order valence-electron chi connectivity index (χ4n) is 1.66. The van der Waals surface area contributed by atoms with E-state index in [0.29, 0.717) is 0 Å². The zero-order chi connectivity index (χ0) is 9.73. The van der Waals surface area contributed by atoms with Crippen LogP contribution in [-0.4, -0.2) is 10.7 Å². The number of benzene rings is 1. The van der Waals surface area contributed by atoms with Crippen LogP contribution in [0.5, 0.6) is 0 Å². The van der Waals surface area contributed by atoms with Crippen LogP contribution in [0.3, 0.4) is 0 Å². The lowest BCUT2D eigenvalue weighted by molar-refractivity contribution is 0.0505. The average molecular weight is 178 g/mol. The molecular weight excluding hydrogens is 160 g/mol. The van der Waals surface area contributed by atoms with Gasteiger partial charge >= 0.3 is 0 Å². The molecule has 1 atom stereocenters. The second kappa shape index (κ2) is 4.43. The molecule has 1 nitrogen and oxygen atoms in total. The molecule has 1 rings (SSSR count). The smallest absolute Gasteiger partial charge is 0.0659 e. The van der Waals surface area contributed by atoms with E-state index in [1.165, 1.54) is 5.56 Å². The standard InChI is InChI=1S/C12H18O/c1-3-9-12(2,13)10-11-7-5-4-6-8-11/h4-8,13H,3,9-10H2,1-2H3. The molecule has 1 N–H and O–H groups in total. The van der Waals surface area contributed by atoms with E-state index in [1.54, 1.807) is 0 Å². The normalized spacial score (nSPS) is 15.3. The van der Waals surface area contributed by atoms with Crippen LogP contribution in [0.4, 0.5) is 0 Å². The minimum Gasteiger partial charge on any atom is -0.390 e. The molecule has 0 aliphatic rings. The number of aliphatic hydroxyl groups is 1. The molecule has 0 aromatic heterocycles. The summed E-state index contributed by atoms with van der Waals surface area (Å²) >= 11 is 0. The first kappa shape index (κ1) is 10.3. The summed E-state index contributed by atoms with van der Waals surface area (Å²) in [6, 6.07) is 10.1. The zero-order valence-electron chi connectivity index (χ0n) is 8.46. The highest BCUT2D eigenvalue weighted by Gasteiger charge is 2.18. The Kier molecular flexibility index (Phi) is 3.49. The Morgan fingerprint density at radius 2 is 1.85 bits per heavy atom. The molecule has 1 aromatic carbocycles. The molecule has 0 amide bonds. The minimum atomic E-state index is -0.546. The number of rotatable bonds is 4. The van der Waals surface area contributed by atoms with Crippen molar-refractivity contribution in [3.63, 3.8) is 0 Å². The van der Waals surface area contributed by atoms with E-state index < -0.39 is 5.60 Å². The molecular formula is C12H18O. The largest absolute Gasteiger partial charge is 0.390 e. The van der Waals surface area contributed by atoms with Crippen LogP contribution < -0.4 is 0 Å². The SMILES string of the molecule is CCCC(C)(O)Cc1ccccc1. The molecule has 1 aromatic rings. The lowest BCUT2D eigenvalue weighted by Crippen LogP contribution is -2.26. The van der Waals surface area contributed by atoms with Crippen molar-refractivity contribution in [2.24, 2.45) is 0 Å². The maximum absolute atomic E-state index is 9.97. The summed E-state index contributed by atoms with van der Waals surface area (Å²) in [4.78, 5) is 0. The Bertz CT molecular complexity index is 239. The van der Waals surface area contributed by atoms with Crippen molar-refractivity contribution in [1.29, 1.82) is 0 Å². The number of hydrogen-bond acceptors (Lipinski definition) is 1. The van der Waals surface area contributed by atoms with Crippen molar-refractivity contribution in [3.8, 4) is 0 Å². The lowest BCUT2D eigenvalue weighted by Gasteiger charge is -2.22. The first-order valence-electron chi connectivity index (χ1n) is 4.90. The van der Waals surface area contributed by atoms with Gasteiger partial charge in [-0.2, -0.15) is 0 Å². The fraction of sp³-hybridized carbons (Fsp3) is 0.500. The minimum absolute atomic E-state index is 0.546. The first-order valence-corrected chi connectivity index (χ1v) is 4.90. The summed E-state index contributed by atoms with van der Waals surface area (Å²) < 4.78 is 0. The monoisotopic (exact) mass is 178 g/mol. The van der Waals surface area contributed by atoms with Crippen LogP contribution in [0.2, 0.25) is 0 Å². The fourth-order valence-corrected chi connectivity index (χ4v) is 1.66. The summed E-state index contributed by atoms with van der Waals surface area (Å²) in [7, 11) is 0. The van der Waals surface area contributed by atoms with E-state index in [9.17, 15) is 5.11 Å². The second-order valence-corrected chi connectivity index (χ2v) is 3.91. The number of hydrogen-bond donors (Lipinski definition) is 1. The maximum Gasteiger partial charge on any atom is 0.0659 e. The lowest BCUT2D eigenvalue weighted by atomic mass is 9.92. The third kappa shape index (κ3) is 3.60. The highest BCUT2D eigenvalue weighted by molar-refractivity contribution is 5.16. The van der Waals surface area contributed by atoms with E-state index in [1.807, 2.05) is 25.1 Å². The molecule has 72 valence electrons. The highest BCUT2D eigenvalue weighted by Crippen LogP contribution is 2.17. The summed E-state index contributed by atoms with van der Waals surface area (Å²) in [6.07, 6.45) is 2.64. The van der Waals surface area contributed by atoms with Gasteiger partial charge in [0.2, 0.25) is 0 Å². The summed E-state index contributed by atoms with van der Waals surface area (Å²) in [6.45, 7) is 4.00. The van der Waals surface area contributed by atoms with Gasteiger partial charge in [0.15, 0.2) is 0 Å². The molecule has 0 fully saturated rings. The van der Waals surface area contributed by atoms with Crippen molar-refractivity contribution in [2.45, 2.75) is 38.7 Å². The quantitative estimate of drug-likeness (QED) is 0.751.